The molecule has 6 heteroatoms. The van der Waals surface area contributed by atoms with Crippen molar-refractivity contribution in [2.45, 2.75) is 51.7 Å². The van der Waals surface area contributed by atoms with E-state index in [0.29, 0.717) is 13.0 Å². The second kappa shape index (κ2) is 5.40. The Hall–Kier alpha value is 0.376. The van der Waals surface area contributed by atoms with E-state index in [-0.39, 0.29) is 58.2 Å². The molecule has 1 aliphatic heterocycles. The van der Waals surface area contributed by atoms with Crippen LogP contribution in [0.25, 0.3) is 0 Å². The first kappa shape index (κ1) is 16.4. The Bertz CT molecular complexity index is 365. The summed E-state index contributed by atoms with van der Waals surface area (Å²) in [5, 5.41) is 9.14. The van der Waals surface area contributed by atoms with Gasteiger partial charge in [0.15, 0.2) is 0 Å². The fourth-order valence-corrected chi connectivity index (χ4v) is 2.33. The Morgan fingerprint density at radius 1 is 1.39 bits per heavy atom. The average Bonchev–Trinajstić information content (AvgIpc) is 2.73. The first-order valence-electron chi connectivity index (χ1n) is 5.95. The number of ether oxygens (including phenoxy) is 1. The first-order chi connectivity index (χ1) is 7.72. The van der Waals surface area contributed by atoms with Crippen LogP contribution < -0.4 is 0 Å². The van der Waals surface area contributed by atoms with E-state index in [1.165, 1.54) is 4.90 Å². The van der Waals surface area contributed by atoms with Crippen molar-refractivity contribution in [3.05, 3.63) is 0 Å². The summed E-state index contributed by atoms with van der Waals surface area (Å²) in [6.45, 7) is 5.87. The molecule has 1 aliphatic carbocycles. The predicted octanol–water partition coefficient (Wildman–Crippen LogP) is 1.73. The van der Waals surface area contributed by atoms with Crippen LogP contribution in [0.5, 0.6) is 0 Å². The van der Waals surface area contributed by atoms with E-state index in [2.05, 4.69) is 0 Å². The molecule has 0 aromatic carbocycles. The summed E-state index contributed by atoms with van der Waals surface area (Å²) in [5.74, 6) is -0.931. The number of carbonyl (C=O) groups excluding carboxylic acids is 1. The van der Waals surface area contributed by atoms with Gasteiger partial charge in [-0.15, -0.1) is 0 Å². The van der Waals surface area contributed by atoms with Crippen molar-refractivity contribution in [3.63, 3.8) is 0 Å². The van der Waals surface area contributed by atoms with E-state index in [9.17, 15) is 9.59 Å². The fraction of sp³-hybridized carbons (Fsp3) is 0.833. The minimum atomic E-state index is -0.931. The maximum atomic E-state index is 11.9. The summed E-state index contributed by atoms with van der Waals surface area (Å²) in [5.41, 5.74) is -0.514. The van der Waals surface area contributed by atoms with Crippen LogP contribution in [0.4, 0.5) is 4.79 Å². The molecule has 0 unspecified atom stereocenters. The second-order valence-electron chi connectivity index (χ2n) is 6.17. The van der Waals surface area contributed by atoms with Crippen LogP contribution in [0, 0.1) is 5.41 Å². The van der Waals surface area contributed by atoms with Gasteiger partial charge in [0, 0.05) is 59.4 Å². The van der Waals surface area contributed by atoms with Gasteiger partial charge in [-0.3, -0.25) is 4.90 Å². The maximum absolute atomic E-state index is 11.9. The quantitative estimate of drug-likeness (QED) is 0.744. The third kappa shape index (κ3) is 3.69. The molecule has 0 bridgehead atoms. The normalized spacial score (nSPS) is 24.6. The minimum absolute atomic E-state index is 0. The van der Waals surface area contributed by atoms with Gasteiger partial charge in [0.25, 0.3) is 0 Å². The molecule has 1 N–H and O–H groups in total. The minimum Gasteiger partial charge on any atom is -0.480 e. The van der Waals surface area contributed by atoms with E-state index in [0.717, 1.165) is 12.8 Å². The molecule has 2 fully saturated rings. The van der Waals surface area contributed by atoms with Crippen molar-refractivity contribution in [1.82, 2.24) is 4.90 Å². The number of nitrogens with zero attached hydrogens (tertiary/aromatic N) is 1. The second-order valence-corrected chi connectivity index (χ2v) is 6.17. The number of likely N-dealkylation sites (tertiary alicyclic amines) is 1. The van der Waals surface area contributed by atoms with Gasteiger partial charge in [-0.1, -0.05) is 0 Å². The number of rotatable bonds is 1. The van der Waals surface area contributed by atoms with Crippen LogP contribution in [0.1, 0.15) is 41.5 Å². The molecule has 1 heterocycles. The van der Waals surface area contributed by atoms with Gasteiger partial charge in [-0.05, 0) is 45.4 Å². The molecule has 0 aromatic rings. The molecule has 2 rings (SSSR count). The van der Waals surface area contributed by atoms with Crippen molar-refractivity contribution >= 4 is 63.4 Å². The zero-order chi connectivity index (χ0) is 12.8. The van der Waals surface area contributed by atoms with Crippen LogP contribution in [-0.4, -0.2) is 91.6 Å². The van der Waals surface area contributed by atoms with E-state index in [1.54, 1.807) is 20.8 Å². The van der Waals surface area contributed by atoms with Gasteiger partial charge < -0.3 is 9.84 Å². The van der Waals surface area contributed by atoms with Crippen LogP contribution in [0.3, 0.4) is 0 Å². The molecule has 99 valence electrons. The molecular weight excluding hydrogens is 261 g/mol. The van der Waals surface area contributed by atoms with Crippen molar-refractivity contribution < 1.29 is 20.9 Å². The summed E-state index contributed by atoms with van der Waals surface area (Å²) in [6.07, 6.45) is 2.11. The average molecular weight is 282 g/mol. The molecular formula is C12H21KNO4. The molecule has 1 amide bonds. The monoisotopic (exact) mass is 282 g/mol. The van der Waals surface area contributed by atoms with Gasteiger partial charge in [0.2, 0.25) is 0 Å². The molecule has 1 saturated heterocycles. The van der Waals surface area contributed by atoms with Crippen LogP contribution >= 0.6 is 0 Å². The third-order valence-electron chi connectivity index (χ3n) is 3.38. The van der Waals surface area contributed by atoms with E-state index in [4.69, 9.17) is 9.84 Å². The zero-order valence-electron chi connectivity index (χ0n) is 11.5. The molecule has 1 saturated carbocycles. The van der Waals surface area contributed by atoms with Gasteiger partial charge >= 0.3 is 12.1 Å². The molecule has 18 heavy (non-hydrogen) atoms. The Balaban J connectivity index is 0.00000162. The summed E-state index contributed by atoms with van der Waals surface area (Å²) in [7, 11) is 0. The van der Waals surface area contributed by atoms with Crippen LogP contribution in [-0.2, 0) is 9.53 Å². The number of carbonyl (C=O) groups is 2. The molecule has 2 aliphatic rings. The number of amides is 1. The van der Waals surface area contributed by atoms with Crippen molar-refractivity contribution in [2.75, 3.05) is 6.54 Å². The molecule has 5 nitrogen and oxygen atoms in total. The van der Waals surface area contributed by atoms with Crippen molar-refractivity contribution in [1.29, 1.82) is 0 Å². The van der Waals surface area contributed by atoms with Gasteiger partial charge in [-0.25, -0.2) is 9.59 Å². The Morgan fingerprint density at radius 2 is 1.94 bits per heavy atom. The SMILES string of the molecule is CC(C)(C)OC(=O)N1CC2(CC2)C[C@H]1C(=O)O.[HH].[K]. The standard InChI is InChI=1S/C12H19NO4.K.H2/c1-11(2,3)17-10(16)13-7-12(4-5-12)6-8(13)9(14)15;;/h8H,4-7H2,1-3H3,(H,14,15);;1H/t8-;;/m0../s1. The number of hydrogen-bond donors (Lipinski definition) is 1. The largest absolute Gasteiger partial charge is 0.480 e. The summed E-state index contributed by atoms with van der Waals surface area (Å²) in [4.78, 5) is 24.5. The topological polar surface area (TPSA) is 66.8 Å². The number of hydrogen-bond acceptors (Lipinski definition) is 3. The summed E-state index contributed by atoms with van der Waals surface area (Å²) in [6, 6.07) is -0.715. The zero-order valence-corrected chi connectivity index (χ0v) is 14.6. The molecule has 1 atom stereocenters. The third-order valence-corrected chi connectivity index (χ3v) is 3.38. The van der Waals surface area contributed by atoms with E-state index >= 15 is 0 Å². The number of carboxylic acids is 1. The Morgan fingerprint density at radius 3 is 2.33 bits per heavy atom. The van der Waals surface area contributed by atoms with E-state index in [1.807, 2.05) is 0 Å². The number of aliphatic carboxylic acids is 1. The van der Waals surface area contributed by atoms with Gasteiger partial charge in [-0.2, -0.15) is 0 Å². The van der Waals surface area contributed by atoms with Gasteiger partial charge in [0.1, 0.15) is 11.6 Å². The summed E-state index contributed by atoms with van der Waals surface area (Å²) >= 11 is 0. The van der Waals surface area contributed by atoms with Crippen molar-refractivity contribution in [3.8, 4) is 0 Å². The summed E-state index contributed by atoms with van der Waals surface area (Å²) < 4.78 is 5.25. The van der Waals surface area contributed by atoms with Crippen LogP contribution in [0.2, 0.25) is 0 Å². The molecule has 1 spiro atoms. The Kier molecular flexibility index (Phi) is 4.93. The van der Waals surface area contributed by atoms with E-state index < -0.39 is 23.7 Å². The molecule has 1 radical (unpaired) electrons. The molecule has 0 aromatic heterocycles. The fourth-order valence-electron chi connectivity index (χ4n) is 2.33. The maximum Gasteiger partial charge on any atom is 0.411 e. The van der Waals surface area contributed by atoms with Crippen LogP contribution in [0.15, 0.2) is 0 Å². The van der Waals surface area contributed by atoms with Crippen molar-refractivity contribution in [2.24, 2.45) is 5.41 Å². The predicted molar refractivity (Wildman–Crippen MR) is 68.5 cm³/mol. The smallest absolute Gasteiger partial charge is 0.411 e. The first-order valence-corrected chi connectivity index (χ1v) is 5.95. The number of carboxylic acid groups (broad SMARTS) is 1. The Labute approximate surface area is 151 Å². The van der Waals surface area contributed by atoms with Gasteiger partial charge in [0.05, 0.1) is 0 Å².